The summed E-state index contributed by atoms with van der Waals surface area (Å²) in [5.41, 5.74) is 6.77. The lowest BCUT2D eigenvalue weighted by molar-refractivity contribution is 0.156. The van der Waals surface area contributed by atoms with Gasteiger partial charge in [-0.3, -0.25) is 4.90 Å². The van der Waals surface area contributed by atoms with Gasteiger partial charge in [-0.05, 0) is 32.4 Å². The third kappa shape index (κ3) is 3.77. The van der Waals surface area contributed by atoms with E-state index >= 15 is 0 Å². The molecular formula is C14H25N3S. The lowest BCUT2D eigenvalue weighted by Crippen LogP contribution is -2.35. The standard InChI is InChI=1S/C14H25N3S/c1-11-4-3-5-13(8-11)17(2)9-12-10-18-14(16-12)6-7-15/h10-11,13H,3-9,15H2,1-2H3. The fraction of sp³-hybridized carbons (Fsp3) is 0.786. The first kappa shape index (κ1) is 14.0. The second kappa shape index (κ2) is 6.64. The van der Waals surface area contributed by atoms with Crippen molar-refractivity contribution in [1.82, 2.24) is 9.88 Å². The molecule has 2 N–H and O–H groups in total. The van der Waals surface area contributed by atoms with Gasteiger partial charge in [-0.1, -0.05) is 19.8 Å². The zero-order valence-electron chi connectivity index (χ0n) is 11.6. The fourth-order valence-electron chi connectivity index (χ4n) is 2.85. The van der Waals surface area contributed by atoms with Gasteiger partial charge in [-0.2, -0.15) is 0 Å². The second-order valence-electron chi connectivity index (χ2n) is 5.61. The molecule has 0 aromatic carbocycles. The van der Waals surface area contributed by atoms with E-state index in [9.17, 15) is 0 Å². The number of nitrogens with two attached hydrogens (primary N) is 1. The van der Waals surface area contributed by atoms with Crippen LogP contribution >= 0.6 is 11.3 Å². The SMILES string of the molecule is CC1CCCC(N(C)Cc2csc(CCN)n2)C1. The van der Waals surface area contributed by atoms with Crippen LogP contribution in [0.1, 0.15) is 43.3 Å². The van der Waals surface area contributed by atoms with Gasteiger partial charge in [0, 0.05) is 24.4 Å². The van der Waals surface area contributed by atoms with Crippen LogP contribution < -0.4 is 5.73 Å². The summed E-state index contributed by atoms with van der Waals surface area (Å²) in [6.07, 6.45) is 6.39. The van der Waals surface area contributed by atoms with Crippen LogP contribution in [0.5, 0.6) is 0 Å². The Morgan fingerprint density at radius 2 is 2.33 bits per heavy atom. The van der Waals surface area contributed by atoms with Crippen molar-refractivity contribution in [3.05, 3.63) is 16.1 Å². The number of rotatable bonds is 5. The molecule has 0 bridgehead atoms. The summed E-state index contributed by atoms with van der Waals surface area (Å²) in [4.78, 5) is 7.13. The number of nitrogens with zero attached hydrogens (tertiary/aromatic N) is 2. The van der Waals surface area contributed by atoms with Gasteiger partial charge in [0.2, 0.25) is 0 Å². The molecule has 2 atom stereocenters. The van der Waals surface area contributed by atoms with Gasteiger partial charge in [0.15, 0.2) is 0 Å². The molecule has 1 aromatic heterocycles. The van der Waals surface area contributed by atoms with Crippen molar-refractivity contribution in [2.24, 2.45) is 11.7 Å². The fourth-order valence-corrected chi connectivity index (χ4v) is 3.65. The molecule has 1 heterocycles. The summed E-state index contributed by atoms with van der Waals surface area (Å²) in [7, 11) is 2.24. The molecule has 102 valence electrons. The van der Waals surface area contributed by atoms with Crippen LogP contribution in [0, 0.1) is 5.92 Å². The highest BCUT2D eigenvalue weighted by Gasteiger charge is 2.22. The van der Waals surface area contributed by atoms with Crippen molar-refractivity contribution in [2.75, 3.05) is 13.6 Å². The topological polar surface area (TPSA) is 42.1 Å². The minimum Gasteiger partial charge on any atom is -0.330 e. The molecule has 2 unspecified atom stereocenters. The van der Waals surface area contributed by atoms with Crippen LogP contribution in [0.4, 0.5) is 0 Å². The third-order valence-corrected chi connectivity index (χ3v) is 4.86. The third-order valence-electron chi connectivity index (χ3n) is 3.90. The molecule has 0 aliphatic heterocycles. The maximum Gasteiger partial charge on any atom is 0.0941 e. The zero-order valence-corrected chi connectivity index (χ0v) is 12.4. The molecule has 1 aromatic rings. The van der Waals surface area contributed by atoms with E-state index in [0.29, 0.717) is 6.54 Å². The molecule has 18 heavy (non-hydrogen) atoms. The van der Waals surface area contributed by atoms with E-state index in [2.05, 4.69) is 29.2 Å². The number of hydrogen-bond donors (Lipinski definition) is 1. The smallest absolute Gasteiger partial charge is 0.0941 e. The number of aromatic nitrogens is 1. The van der Waals surface area contributed by atoms with Gasteiger partial charge < -0.3 is 5.73 Å². The monoisotopic (exact) mass is 267 g/mol. The summed E-state index contributed by atoms with van der Waals surface area (Å²) < 4.78 is 0. The summed E-state index contributed by atoms with van der Waals surface area (Å²) >= 11 is 1.75. The lowest BCUT2D eigenvalue weighted by atomic mass is 9.86. The van der Waals surface area contributed by atoms with E-state index in [0.717, 1.165) is 24.9 Å². The zero-order chi connectivity index (χ0) is 13.0. The van der Waals surface area contributed by atoms with Crippen LogP contribution in [-0.2, 0) is 13.0 Å². The van der Waals surface area contributed by atoms with Crippen molar-refractivity contribution in [3.8, 4) is 0 Å². The Balaban J connectivity index is 1.87. The van der Waals surface area contributed by atoms with E-state index in [1.54, 1.807) is 11.3 Å². The van der Waals surface area contributed by atoms with Crippen molar-refractivity contribution >= 4 is 11.3 Å². The summed E-state index contributed by atoms with van der Waals surface area (Å²) in [5, 5.41) is 3.37. The van der Waals surface area contributed by atoms with Gasteiger partial charge in [0.05, 0.1) is 10.7 Å². The van der Waals surface area contributed by atoms with Gasteiger partial charge >= 0.3 is 0 Å². The van der Waals surface area contributed by atoms with E-state index in [-0.39, 0.29) is 0 Å². The Bertz CT molecular complexity index is 364. The highest BCUT2D eigenvalue weighted by Crippen LogP contribution is 2.27. The molecule has 1 aliphatic carbocycles. The highest BCUT2D eigenvalue weighted by molar-refractivity contribution is 7.09. The molecule has 1 fully saturated rings. The lowest BCUT2D eigenvalue weighted by Gasteiger charge is -2.33. The summed E-state index contributed by atoms with van der Waals surface area (Å²) in [6.45, 7) is 4.06. The van der Waals surface area contributed by atoms with Crippen molar-refractivity contribution in [1.29, 1.82) is 0 Å². The Morgan fingerprint density at radius 1 is 1.50 bits per heavy atom. The molecule has 2 rings (SSSR count). The molecule has 0 amide bonds. The quantitative estimate of drug-likeness (QED) is 0.892. The molecule has 0 radical (unpaired) electrons. The van der Waals surface area contributed by atoms with Gasteiger partial charge in [-0.15, -0.1) is 11.3 Å². The molecule has 1 aliphatic rings. The van der Waals surface area contributed by atoms with E-state index in [4.69, 9.17) is 5.73 Å². The van der Waals surface area contributed by atoms with Crippen molar-refractivity contribution in [2.45, 2.75) is 51.6 Å². The molecule has 4 heteroatoms. The largest absolute Gasteiger partial charge is 0.330 e. The highest BCUT2D eigenvalue weighted by atomic mass is 32.1. The predicted molar refractivity (Wildman–Crippen MR) is 77.8 cm³/mol. The normalized spacial score (nSPS) is 24.7. The molecule has 1 saturated carbocycles. The van der Waals surface area contributed by atoms with Crippen molar-refractivity contribution < 1.29 is 0 Å². The van der Waals surface area contributed by atoms with Crippen LogP contribution in [0.25, 0.3) is 0 Å². The molecule has 0 saturated heterocycles. The van der Waals surface area contributed by atoms with E-state index in [1.165, 1.54) is 36.4 Å². The Morgan fingerprint density at radius 3 is 3.06 bits per heavy atom. The van der Waals surface area contributed by atoms with Gasteiger partial charge in [0.25, 0.3) is 0 Å². The molecule has 3 nitrogen and oxygen atoms in total. The van der Waals surface area contributed by atoms with Crippen LogP contribution in [0.3, 0.4) is 0 Å². The van der Waals surface area contributed by atoms with Gasteiger partial charge in [0.1, 0.15) is 0 Å². The second-order valence-corrected chi connectivity index (χ2v) is 6.55. The van der Waals surface area contributed by atoms with E-state index in [1.807, 2.05) is 0 Å². The van der Waals surface area contributed by atoms with Gasteiger partial charge in [-0.25, -0.2) is 4.98 Å². The summed E-state index contributed by atoms with van der Waals surface area (Å²) in [5.74, 6) is 0.884. The maximum atomic E-state index is 5.56. The number of hydrogen-bond acceptors (Lipinski definition) is 4. The van der Waals surface area contributed by atoms with Crippen molar-refractivity contribution in [3.63, 3.8) is 0 Å². The first-order chi connectivity index (χ1) is 8.69. The van der Waals surface area contributed by atoms with Crippen LogP contribution in [0.2, 0.25) is 0 Å². The van der Waals surface area contributed by atoms with Crippen LogP contribution in [-0.4, -0.2) is 29.5 Å². The number of thiazole rings is 1. The average molecular weight is 267 g/mol. The van der Waals surface area contributed by atoms with Crippen LogP contribution in [0.15, 0.2) is 5.38 Å². The first-order valence-electron chi connectivity index (χ1n) is 7.02. The molecule has 0 spiro atoms. The van der Waals surface area contributed by atoms with E-state index < -0.39 is 0 Å². The predicted octanol–water partition coefficient (Wildman–Crippen LogP) is 2.65. The molecular weight excluding hydrogens is 242 g/mol. The minimum absolute atomic E-state index is 0.697. The first-order valence-corrected chi connectivity index (χ1v) is 7.90. The minimum atomic E-state index is 0.697. The Labute approximate surface area is 114 Å². The average Bonchev–Trinajstić information content (AvgIpc) is 2.77. The summed E-state index contributed by atoms with van der Waals surface area (Å²) in [6, 6.07) is 0.744. The Hall–Kier alpha value is -0.450. The Kier molecular flexibility index (Phi) is 5.15. The maximum absolute atomic E-state index is 5.56.